The average Bonchev–Trinajstić information content (AvgIpc) is 2.70. The van der Waals surface area contributed by atoms with Gasteiger partial charge in [-0.2, -0.15) is 5.26 Å². The quantitative estimate of drug-likeness (QED) is 0.475. The van der Waals surface area contributed by atoms with Crippen LogP contribution < -0.4 is 10.2 Å². The van der Waals surface area contributed by atoms with E-state index in [1.54, 1.807) is 42.5 Å². The number of carbonyl (C=O) groups excluding carboxylic acids is 2. The minimum Gasteiger partial charge on any atom is -0.306 e. The number of benzene rings is 2. The Balaban J connectivity index is 0.00000450. The van der Waals surface area contributed by atoms with Crippen molar-refractivity contribution in [2.45, 2.75) is 19.4 Å². The number of hydrogen-bond donors (Lipinski definition) is 1. The van der Waals surface area contributed by atoms with Crippen molar-refractivity contribution in [3.8, 4) is 6.07 Å². The van der Waals surface area contributed by atoms with Gasteiger partial charge in [0.15, 0.2) is 5.78 Å². The van der Waals surface area contributed by atoms with Crippen molar-refractivity contribution in [3.63, 3.8) is 0 Å². The first-order valence-corrected chi connectivity index (χ1v) is 10.1. The van der Waals surface area contributed by atoms with Crippen molar-refractivity contribution in [1.29, 1.82) is 5.26 Å². The Labute approximate surface area is 196 Å². The summed E-state index contributed by atoms with van der Waals surface area (Å²) < 4.78 is 0.587. The fraction of sp³-hybridized carbons (Fsp3) is 0.227. The number of carbonyl (C=O) groups is 2. The summed E-state index contributed by atoms with van der Waals surface area (Å²) in [6.07, 6.45) is 0.289. The molecular formula is C22H22BrCl2N3O2. The van der Waals surface area contributed by atoms with Gasteiger partial charge < -0.3 is 10.2 Å². The van der Waals surface area contributed by atoms with E-state index in [4.69, 9.17) is 16.9 Å². The molecule has 0 saturated heterocycles. The molecule has 0 heterocycles. The van der Waals surface area contributed by atoms with E-state index in [9.17, 15) is 9.59 Å². The summed E-state index contributed by atoms with van der Waals surface area (Å²) in [6.45, 7) is 5.86. The molecule has 5 nitrogen and oxygen atoms in total. The highest BCUT2D eigenvalue weighted by Crippen LogP contribution is 2.28. The molecule has 8 heteroatoms. The number of amides is 1. The van der Waals surface area contributed by atoms with Gasteiger partial charge in [0, 0.05) is 26.7 Å². The van der Waals surface area contributed by atoms with Crippen molar-refractivity contribution in [2.75, 3.05) is 18.0 Å². The second kappa shape index (κ2) is 12.5. The van der Waals surface area contributed by atoms with Crippen LogP contribution in [0.5, 0.6) is 0 Å². The second-order valence-electron chi connectivity index (χ2n) is 6.50. The Hall–Kier alpha value is -2.17. The molecule has 2 aromatic carbocycles. The summed E-state index contributed by atoms with van der Waals surface area (Å²) in [6, 6.07) is 15.6. The van der Waals surface area contributed by atoms with Crippen LogP contribution >= 0.6 is 39.9 Å². The van der Waals surface area contributed by atoms with E-state index in [1.165, 1.54) is 4.90 Å². The highest BCUT2D eigenvalue weighted by Gasteiger charge is 2.23. The molecular weight excluding hydrogens is 489 g/mol. The number of ketones is 1. The standard InChI is InChI=1S/C22H21BrClN3O2.ClH/c1-15(23)14-27(21(28)13-26-16(2)10-11-25)20-9-8-18(24)12-19(20)22(29)17-6-4-3-5-7-17;/h3-9,12,16,26H,1,10,13-14H2,2H3;1H. The summed E-state index contributed by atoms with van der Waals surface area (Å²) in [7, 11) is 0. The molecule has 1 unspecified atom stereocenters. The van der Waals surface area contributed by atoms with E-state index in [0.717, 1.165) is 0 Å². The zero-order valence-electron chi connectivity index (χ0n) is 16.4. The fourth-order valence-electron chi connectivity index (χ4n) is 2.72. The van der Waals surface area contributed by atoms with Gasteiger partial charge in [-0.1, -0.05) is 64.4 Å². The van der Waals surface area contributed by atoms with Crippen molar-refractivity contribution in [2.24, 2.45) is 0 Å². The van der Waals surface area contributed by atoms with Gasteiger partial charge in [-0.15, -0.1) is 12.4 Å². The first-order valence-electron chi connectivity index (χ1n) is 8.96. The van der Waals surface area contributed by atoms with E-state index < -0.39 is 0 Å². The third-order valence-electron chi connectivity index (χ3n) is 4.16. The first kappa shape index (κ1) is 25.9. The van der Waals surface area contributed by atoms with Crippen LogP contribution in [0.4, 0.5) is 5.69 Å². The Morgan fingerprint density at radius 1 is 1.27 bits per heavy atom. The van der Waals surface area contributed by atoms with E-state index in [1.807, 2.05) is 13.0 Å². The van der Waals surface area contributed by atoms with Crippen LogP contribution in [-0.4, -0.2) is 30.8 Å². The molecule has 2 aromatic rings. The normalized spacial score (nSPS) is 11.0. The molecule has 0 aromatic heterocycles. The fourth-order valence-corrected chi connectivity index (χ4v) is 3.14. The maximum Gasteiger partial charge on any atom is 0.241 e. The van der Waals surface area contributed by atoms with Gasteiger partial charge in [-0.3, -0.25) is 9.59 Å². The van der Waals surface area contributed by atoms with Gasteiger partial charge in [0.1, 0.15) is 0 Å². The third-order valence-corrected chi connectivity index (χ3v) is 4.65. The largest absolute Gasteiger partial charge is 0.306 e. The first-order chi connectivity index (χ1) is 13.8. The molecule has 0 aliphatic rings. The average molecular weight is 511 g/mol. The van der Waals surface area contributed by atoms with Crippen LogP contribution in [0.25, 0.3) is 0 Å². The lowest BCUT2D eigenvalue weighted by Crippen LogP contribution is -2.42. The van der Waals surface area contributed by atoms with Gasteiger partial charge in [0.05, 0.1) is 31.3 Å². The lowest BCUT2D eigenvalue weighted by Gasteiger charge is -2.26. The Kier molecular flexibility index (Phi) is 10.8. The van der Waals surface area contributed by atoms with Gasteiger partial charge >= 0.3 is 0 Å². The molecule has 0 bridgehead atoms. The Morgan fingerprint density at radius 2 is 1.93 bits per heavy atom. The maximum absolute atomic E-state index is 13.1. The lowest BCUT2D eigenvalue weighted by atomic mass is 10.0. The molecule has 30 heavy (non-hydrogen) atoms. The molecule has 1 atom stereocenters. The second-order valence-corrected chi connectivity index (χ2v) is 8.06. The monoisotopic (exact) mass is 509 g/mol. The summed E-state index contributed by atoms with van der Waals surface area (Å²) >= 11 is 9.45. The summed E-state index contributed by atoms with van der Waals surface area (Å²) in [5.74, 6) is -0.480. The van der Waals surface area contributed by atoms with Gasteiger partial charge in [0.2, 0.25) is 5.91 Å². The van der Waals surface area contributed by atoms with Crippen molar-refractivity contribution < 1.29 is 9.59 Å². The van der Waals surface area contributed by atoms with E-state index in [-0.39, 0.29) is 49.6 Å². The zero-order valence-corrected chi connectivity index (χ0v) is 19.6. The number of halogens is 3. The van der Waals surface area contributed by atoms with E-state index >= 15 is 0 Å². The predicted molar refractivity (Wildman–Crippen MR) is 127 cm³/mol. The molecule has 1 N–H and O–H groups in total. The number of anilines is 1. The SMILES string of the molecule is C=C(Br)CN(C(=O)CNC(C)CC#N)c1ccc(Cl)cc1C(=O)c1ccccc1.Cl. The Bertz CT molecular complexity index is 945. The van der Waals surface area contributed by atoms with Crippen LogP contribution in [0.1, 0.15) is 29.3 Å². The number of hydrogen-bond acceptors (Lipinski definition) is 4. The molecule has 2 rings (SSSR count). The summed E-state index contributed by atoms with van der Waals surface area (Å²) in [4.78, 5) is 27.5. The van der Waals surface area contributed by atoms with Crippen LogP contribution in [0.15, 0.2) is 59.6 Å². The van der Waals surface area contributed by atoms with Gasteiger partial charge in [-0.05, 0) is 25.1 Å². The molecule has 0 aliphatic carbocycles. The van der Waals surface area contributed by atoms with Crippen LogP contribution in [0.2, 0.25) is 5.02 Å². The summed E-state index contributed by atoms with van der Waals surface area (Å²) in [5, 5.41) is 12.2. The Morgan fingerprint density at radius 3 is 2.53 bits per heavy atom. The highest BCUT2D eigenvalue weighted by molar-refractivity contribution is 9.11. The minimum absolute atomic E-state index is 0. The van der Waals surface area contributed by atoms with Gasteiger partial charge in [0.25, 0.3) is 0 Å². The van der Waals surface area contributed by atoms with E-state index in [0.29, 0.717) is 26.3 Å². The number of nitrogens with one attached hydrogen (secondary N) is 1. The van der Waals surface area contributed by atoms with Crippen molar-refractivity contribution in [1.82, 2.24) is 5.32 Å². The lowest BCUT2D eigenvalue weighted by molar-refractivity contribution is -0.117. The topological polar surface area (TPSA) is 73.2 Å². The molecule has 0 fully saturated rings. The predicted octanol–water partition coefficient (Wildman–Crippen LogP) is 5.13. The molecule has 0 radical (unpaired) electrons. The van der Waals surface area contributed by atoms with Crippen molar-refractivity contribution in [3.05, 3.63) is 75.7 Å². The molecule has 0 aliphatic heterocycles. The van der Waals surface area contributed by atoms with Crippen LogP contribution in [0, 0.1) is 11.3 Å². The zero-order chi connectivity index (χ0) is 21.4. The van der Waals surface area contributed by atoms with Crippen LogP contribution in [-0.2, 0) is 4.79 Å². The van der Waals surface area contributed by atoms with Crippen molar-refractivity contribution >= 4 is 57.3 Å². The molecule has 0 saturated carbocycles. The van der Waals surface area contributed by atoms with Crippen LogP contribution in [0.3, 0.4) is 0 Å². The third kappa shape index (κ3) is 7.26. The van der Waals surface area contributed by atoms with E-state index in [2.05, 4.69) is 33.9 Å². The maximum atomic E-state index is 13.1. The number of nitrogens with zero attached hydrogens (tertiary/aromatic N) is 2. The van der Waals surface area contributed by atoms with Gasteiger partial charge in [-0.25, -0.2) is 0 Å². The molecule has 1 amide bonds. The number of nitriles is 1. The minimum atomic E-state index is -0.250. The molecule has 158 valence electrons. The smallest absolute Gasteiger partial charge is 0.241 e. The summed E-state index contributed by atoms with van der Waals surface area (Å²) in [5.41, 5.74) is 1.28. The molecule has 0 spiro atoms. The number of rotatable bonds is 9. The highest BCUT2D eigenvalue weighted by atomic mass is 79.9.